The van der Waals surface area contributed by atoms with Crippen LogP contribution in [0.2, 0.25) is 0 Å². The summed E-state index contributed by atoms with van der Waals surface area (Å²) in [5, 5.41) is 37.7. The van der Waals surface area contributed by atoms with E-state index in [4.69, 9.17) is 30.2 Å². The fourth-order valence-corrected chi connectivity index (χ4v) is 11.0. The third kappa shape index (κ3) is 18.0. The first-order chi connectivity index (χ1) is 36.1. The number of phenolic OH excluding ortho intramolecular Hbond substituents is 1. The average molecular weight is 1350 g/mol. The minimum Gasteiger partial charge on any atom is -1.00 e. The van der Waals surface area contributed by atoms with Crippen LogP contribution in [0.4, 0.5) is 39.5 Å². The molecule has 0 saturated heterocycles. The Bertz CT molecular complexity index is 3660. The molecule has 9 aromatic rings. The molecule has 27 heteroatoms. The summed E-state index contributed by atoms with van der Waals surface area (Å²) in [5.41, 5.74) is 0.519. The molecule has 0 bridgehead atoms. The van der Waals surface area contributed by atoms with Crippen molar-refractivity contribution in [3.8, 4) is 29.4 Å². The molecule has 406 valence electrons. The molecule has 79 heavy (non-hydrogen) atoms. The standard InChI is InChI=1S/C19H13F3N2O3S2.C16H9F3N2OS.C8H6BrF3.C8H4N2OS.CH4.HI.Na/c20-19(21,22)12-4-2-1-3-10(12)8-27-11-5-6-13-15(7-11)29-17(23-13)16-24-14(9-28-16)18(25)26;17-16(18,19)12-4-2-1-3-10(12)9-22-11-5-6-13-14(7-11)23-15(8-20)21-13;9-5-6-3-1-2-4-7(6)8(10,11)12;9-4-8-10-6-2-1-5(11)3-7(6)12-8;;;/h1-7,14H,8-9H2,(H,25,26);1-7H,9H2;1-4H,5H2;1-3,11H;1H4;1H;/q;;;;;;+1/p-1/t14-;;;;;;/m1....../s1. The van der Waals surface area contributed by atoms with Gasteiger partial charge in [0.1, 0.15) is 52.7 Å². The molecular weight excluding hydrogens is 1320 g/mol. The summed E-state index contributed by atoms with van der Waals surface area (Å²) in [5.74, 6) is 0.462. The van der Waals surface area contributed by atoms with Gasteiger partial charge in [0.2, 0.25) is 0 Å². The van der Waals surface area contributed by atoms with Gasteiger partial charge < -0.3 is 43.7 Å². The Morgan fingerprint density at radius 1 is 0.620 bits per heavy atom. The number of hydrogen-bond acceptors (Lipinski definition) is 14. The molecule has 6 aromatic carbocycles. The molecule has 3 aromatic heterocycles. The van der Waals surface area contributed by atoms with Crippen molar-refractivity contribution in [2.45, 2.75) is 50.5 Å². The number of alkyl halides is 10. The van der Waals surface area contributed by atoms with Crippen molar-refractivity contribution in [1.29, 1.82) is 10.5 Å². The number of aliphatic carboxylic acids is 1. The molecule has 2 N–H and O–H groups in total. The van der Waals surface area contributed by atoms with Gasteiger partial charge in [-0.25, -0.2) is 19.7 Å². The molecule has 0 amide bonds. The Labute approximate surface area is 508 Å². The summed E-state index contributed by atoms with van der Waals surface area (Å²) in [6.45, 7) is -0.402. The van der Waals surface area contributed by atoms with Crippen LogP contribution in [0.25, 0.3) is 30.6 Å². The van der Waals surface area contributed by atoms with Gasteiger partial charge in [-0.3, -0.25) is 4.99 Å². The van der Waals surface area contributed by atoms with E-state index in [0.29, 0.717) is 48.4 Å². The van der Waals surface area contributed by atoms with E-state index in [9.17, 15) is 44.3 Å². The van der Waals surface area contributed by atoms with Crippen molar-refractivity contribution in [2.75, 3.05) is 5.75 Å². The van der Waals surface area contributed by atoms with Crippen LogP contribution in [0.15, 0.2) is 132 Å². The van der Waals surface area contributed by atoms with Crippen LogP contribution in [0.1, 0.15) is 55.8 Å². The summed E-state index contributed by atoms with van der Waals surface area (Å²) < 4.78 is 128. The molecule has 1 aliphatic heterocycles. The smallest absolute Gasteiger partial charge is 1.00 e. The van der Waals surface area contributed by atoms with Crippen molar-refractivity contribution in [1.82, 2.24) is 15.0 Å². The number of nitrogens with zero attached hydrogens (tertiary/aromatic N) is 6. The largest absolute Gasteiger partial charge is 1.00 e. The summed E-state index contributed by atoms with van der Waals surface area (Å²) in [4.78, 5) is 27.8. The summed E-state index contributed by atoms with van der Waals surface area (Å²) in [6.07, 6.45) is -13.1. The zero-order chi connectivity index (χ0) is 54.8. The number of phenols is 1. The van der Waals surface area contributed by atoms with E-state index in [0.717, 1.165) is 37.8 Å². The number of carboxylic acid groups (broad SMARTS) is 1. The van der Waals surface area contributed by atoms with Gasteiger partial charge >= 0.3 is 54.1 Å². The Morgan fingerprint density at radius 2 is 1.03 bits per heavy atom. The van der Waals surface area contributed by atoms with Crippen molar-refractivity contribution in [3.05, 3.63) is 176 Å². The second-order valence-corrected chi connectivity index (χ2v) is 20.1. The van der Waals surface area contributed by atoms with Crippen molar-refractivity contribution in [2.24, 2.45) is 4.99 Å². The summed E-state index contributed by atoms with van der Waals surface area (Å²) in [6, 6.07) is 34.2. The number of ether oxygens (including phenoxy) is 2. The van der Waals surface area contributed by atoms with Gasteiger partial charge in [0.05, 0.1) is 47.3 Å². The second-order valence-electron chi connectivity index (χ2n) is 15.5. The predicted molar refractivity (Wildman–Crippen MR) is 283 cm³/mol. The predicted octanol–water partition coefficient (Wildman–Crippen LogP) is 9.72. The molecule has 0 fully saturated rings. The topological polar surface area (TPSA) is 175 Å². The number of rotatable bonds is 9. The second kappa shape index (κ2) is 29.2. The van der Waals surface area contributed by atoms with Gasteiger partial charge in [-0.1, -0.05) is 78.0 Å². The third-order valence-corrected chi connectivity index (χ3v) is 15.0. The number of hydrogen-bond donors (Lipinski definition) is 2. The molecular formula is C52H36BrF9IN6NaO5S4. The molecule has 11 nitrogen and oxygen atoms in total. The third-order valence-electron chi connectivity index (χ3n) is 10.3. The Kier molecular flexibility index (Phi) is 24.4. The number of aromatic nitrogens is 3. The first kappa shape index (κ1) is 66.0. The number of carboxylic acids is 1. The van der Waals surface area contributed by atoms with Gasteiger partial charge in [-0.15, -0.1) is 45.8 Å². The number of carbonyl (C=O) groups is 1. The fourth-order valence-electron chi connectivity index (χ4n) is 6.79. The Balaban J connectivity index is 0.000000239. The zero-order valence-corrected chi connectivity index (χ0v) is 48.6. The van der Waals surface area contributed by atoms with Gasteiger partial charge in [0.15, 0.2) is 16.1 Å². The van der Waals surface area contributed by atoms with E-state index in [1.54, 1.807) is 66.7 Å². The van der Waals surface area contributed by atoms with E-state index in [1.807, 2.05) is 12.1 Å². The fraction of sp³-hybridized carbons (Fsp3) is 0.173. The van der Waals surface area contributed by atoms with Crippen LogP contribution in [0, 0.1) is 22.7 Å². The monoisotopic (exact) mass is 1350 g/mol. The van der Waals surface area contributed by atoms with Crippen LogP contribution in [-0.4, -0.2) is 48.0 Å². The number of aromatic hydroxyl groups is 1. The molecule has 0 radical (unpaired) electrons. The number of thioether (sulfide) groups is 1. The number of nitriles is 2. The number of aliphatic imine (C=N–C) groups is 1. The van der Waals surface area contributed by atoms with Crippen LogP contribution in [-0.2, 0) is 41.9 Å². The molecule has 0 spiro atoms. The molecule has 4 heterocycles. The van der Waals surface area contributed by atoms with E-state index in [-0.39, 0.29) is 102 Å². The number of thiazole rings is 3. The van der Waals surface area contributed by atoms with Gasteiger partial charge in [0, 0.05) is 22.2 Å². The van der Waals surface area contributed by atoms with E-state index in [2.05, 4.69) is 35.9 Å². The minimum absolute atomic E-state index is 0. The normalized spacial score (nSPS) is 12.8. The number of halogens is 11. The van der Waals surface area contributed by atoms with Gasteiger partial charge in [0.25, 0.3) is 0 Å². The van der Waals surface area contributed by atoms with E-state index < -0.39 is 47.2 Å². The first-order valence-corrected chi connectivity index (χ1v) is 26.1. The summed E-state index contributed by atoms with van der Waals surface area (Å²) >= 11 is 8.17. The maximum Gasteiger partial charge on any atom is 1.00 e. The molecule has 0 unspecified atom stereocenters. The van der Waals surface area contributed by atoms with Gasteiger partial charge in [-0.05, 0) is 78.4 Å². The zero-order valence-electron chi connectivity index (χ0n) is 39.6. The summed E-state index contributed by atoms with van der Waals surface area (Å²) in [7, 11) is 0. The van der Waals surface area contributed by atoms with Gasteiger partial charge in [-0.2, -0.15) is 50.0 Å². The van der Waals surface area contributed by atoms with Crippen molar-refractivity contribution < 1.29 is 118 Å². The number of benzene rings is 6. The maximum absolute atomic E-state index is 13.1. The van der Waals surface area contributed by atoms with Crippen LogP contribution in [0.5, 0.6) is 17.2 Å². The Hall–Kier alpha value is -5.56. The molecule has 1 atom stereocenters. The molecule has 0 saturated carbocycles. The van der Waals surface area contributed by atoms with Crippen LogP contribution < -0.4 is 63.0 Å². The maximum atomic E-state index is 13.1. The van der Waals surface area contributed by atoms with E-state index in [1.165, 1.54) is 88.2 Å². The molecule has 1 aliphatic rings. The SMILES string of the molecule is C.FC(F)(F)c1ccccc1CBr.N#Cc1nc2ccc(O)cc2s1.N#Cc1nc2ccc(OCc3ccccc3C(F)(F)F)cc2s1.O=C(O)[C@H]1CSC(c2nc3ccc(OCc4ccccc4C(F)(F)F)cc3s2)=N1.[I-].[Na+]. The quantitative estimate of drug-likeness (QED) is 0.0610. The first-order valence-electron chi connectivity index (χ1n) is 21.5. The molecule has 0 aliphatic carbocycles. The number of fused-ring (bicyclic) bond motifs is 3. The minimum atomic E-state index is -4.44. The molecule has 10 rings (SSSR count). The Morgan fingerprint density at radius 3 is 1.44 bits per heavy atom. The van der Waals surface area contributed by atoms with Crippen LogP contribution in [0.3, 0.4) is 0 Å². The van der Waals surface area contributed by atoms with Crippen LogP contribution >= 0.6 is 61.7 Å². The van der Waals surface area contributed by atoms with Crippen molar-refractivity contribution in [3.63, 3.8) is 0 Å². The van der Waals surface area contributed by atoms with E-state index >= 15 is 0 Å². The van der Waals surface area contributed by atoms with Crippen molar-refractivity contribution >= 4 is 103 Å². The average Bonchev–Trinajstić information content (AvgIpc) is 4.26.